The second-order valence-corrected chi connectivity index (χ2v) is 4.97. The van der Waals surface area contributed by atoms with Crippen LogP contribution in [0.1, 0.15) is 37.3 Å². The summed E-state index contributed by atoms with van der Waals surface area (Å²) in [6.07, 6.45) is 3.97. The van der Waals surface area contributed by atoms with Crippen molar-refractivity contribution >= 4 is 5.97 Å². The second kappa shape index (κ2) is 5.98. The van der Waals surface area contributed by atoms with Gasteiger partial charge in [-0.3, -0.25) is 10.1 Å². The van der Waals surface area contributed by atoms with Gasteiger partial charge in [-0.25, -0.2) is 0 Å². The summed E-state index contributed by atoms with van der Waals surface area (Å²) >= 11 is 0. The lowest BCUT2D eigenvalue weighted by atomic mass is 9.90. The molecule has 0 radical (unpaired) electrons. The maximum Gasteiger partial charge on any atom is 0.325 e. The van der Waals surface area contributed by atoms with Crippen molar-refractivity contribution in [2.45, 2.75) is 43.8 Å². The fraction of sp³-hybridized carbons (Fsp3) is 0.500. The zero-order chi connectivity index (χ0) is 13.0. The van der Waals surface area contributed by atoms with Crippen LogP contribution in [-0.2, 0) is 4.79 Å². The fourth-order valence-corrected chi connectivity index (χ4v) is 2.57. The van der Waals surface area contributed by atoms with Gasteiger partial charge in [0.05, 0.1) is 0 Å². The van der Waals surface area contributed by atoms with Gasteiger partial charge in [-0.2, -0.15) is 0 Å². The highest BCUT2D eigenvalue weighted by molar-refractivity contribution is 5.75. The minimum atomic E-state index is -0.833. The third-order valence-corrected chi connectivity index (χ3v) is 3.50. The van der Waals surface area contributed by atoms with Crippen molar-refractivity contribution in [1.29, 1.82) is 0 Å². The molecule has 4 N–H and O–H groups in total. The standard InChI is InChI=1S/C14H20N2O2/c15-11-7-4-8-12(9-11)16-13(14(17)18)10-5-2-1-3-6-10/h1-3,5-6,11-13,16H,4,7-9,15H2,(H,17,18). The highest BCUT2D eigenvalue weighted by Crippen LogP contribution is 2.21. The van der Waals surface area contributed by atoms with Gasteiger partial charge in [-0.1, -0.05) is 36.8 Å². The average Bonchev–Trinajstić information content (AvgIpc) is 2.37. The molecule has 0 aliphatic heterocycles. The number of carbonyl (C=O) groups is 1. The number of hydrogen-bond donors (Lipinski definition) is 3. The zero-order valence-corrected chi connectivity index (χ0v) is 10.4. The van der Waals surface area contributed by atoms with Gasteiger partial charge in [0.25, 0.3) is 0 Å². The molecule has 18 heavy (non-hydrogen) atoms. The summed E-state index contributed by atoms with van der Waals surface area (Å²) in [7, 11) is 0. The van der Waals surface area contributed by atoms with E-state index in [0.29, 0.717) is 0 Å². The third kappa shape index (κ3) is 3.31. The molecule has 0 spiro atoms. The minimum absolute atomic E-state index is 0.196. The maximum absolute atomic E-state index is 11.4. The summed E-state index contributed by atoms with van der Waals surface area (Å²) in [6, 6.07) is 9.05. The van der Waals surface area contributed by atoms with Gasteiger partial charge >= 0.3 is 5.97 Å². The van der Waals surface area contributed by atoms with Crippen LogP contribution in [0.2, 0.25) is 0 Å². The van der Waals surface area contributed by atoms with Gasteiger partial charge in [0.15, 0.2) is 0 Å². The molecule has 1 aromatic carbocycles. The Morgan fingerprint density at radius 2 is 2.06 bits per heavy atom. The Labute approximate surface area is 107 Å². The molecule has 1 aromatic rings. The molecule has 2 rings (SSSR count). The molecule has 4 nitrogen and oxygen atoms in total. The minimum Gasteiger partial charge on any atom is -0.480 e. The highest BCUT2D eigenvalue weighted by Gasteiger charge is 2.26. The molecule has 1 aliphatic carbocycles. The first-order chi connectivity index (χ1) is 8.66. The lowest BCUT2D eigenvalue weighted by Gasteiger charge is -2.30. The summed E-state index contributed by atoms with van der Waals surface area (Å²) in [4.78, 5) is 11.4. The monoisotopic (exact) mass is 248 g/mol. The van der Waals surface area contributed by atoms with Crippen molar-refractivity contribution in [2.24, 2.45) is 5.73 Å². The molecule has 0 aromatic heterocycles. The highest BCUT2D eigenvalue weighted by atomic mass is 16.4. The largest absolute Gasteiger partial charge is 0.480 e. The van der Waals surface area contributed by atoms with Crippen LogP contribution < -0.4 is 11.1 Å². The molecular weight excluding hydrogens is 228 g/mol. The van der Waals surface area contributed by atoms with Crippen LogP contribution >= 0.6 is 0 Å². The first-order valence-electron chi connectivity index (χ1n) is 6.46. The Bertz CT molecular complexity index is 394. The van der Waals surface area contributed by atoms with Crippen LogP contribution in [-0.4, -0.2) is 23.2 Å². The van der Waals surface area contributed by atoms with E-state index in [1.807, 2.05) is 30.3 Å². The lowest BCUT2D eigenvalue weighted by Crippen LogP contribution is -2.43. The van der Waals surface area contributed by atoms with Crippen molar-refractivity contribution in [2.75, 3.05) is 0 Å². The quantitative estimate of drug-likeness (QED) is 0.757. The Hall–Kier alpha value is -1.39. The topological polar surface area (TPSA) is 75.3 Å². The van der Waals surface area contributed by atoms with Gasteiger partial charge in [0, 0.05) is 12.1 Å². The molecule has 1 fully saturated rings. The Kier molecular flexibility index (Phi) is 4.33. The van der Waals surface area contributed by atoms with Crippen molar-refractivity contribution in [3.63, 3.8) is 0 Å². The fourth-order valence-electron chi connectivity index (χ4n) is 2.57. The van der Waals surface area contributed by atoms with Crippen molar-refractivity contribution in [1.82, 2.24) is 5.32 Å². The molecule has 3 atom stereocenters. The van der Waals surface area contributed by atoms with E-state index in [0.717, 1.165) is 31.2 Å². The number of rotatable bonds is 4. The van der Waals surface area contributed by atoms with Crippen LogP contribution in [0.5, 0.6) is 0 Å². The number of carboxylic acid groups (broad SMARTS) is 1. The number of hydrogen-bond acceptors (Lipinski definition) is 3. The van der Waals surface area contributed by atoms with Crippen LogP contribution in [0.4, 0.5) is 0 Å². The van der Waals surface area contributed by atoms with Crippen molar-refractivity contribution < 1.29 is 9.90 Å². The summed E-state index contributed by atoms with van der Waals surface area (Å²) in [5.41, 5.74) is 6.72. The van der Waals surface area contributed by atoms with Gasteiger partial charge in [-0.05, 0) is 24.8 Å². The molecule has 3 unspecified atom stereocenters. The van der Waals surface area contributed by atoms with Crippen LogP contribution in [0.3, 0.4) is 0 Å². The summed E-state index contributed by atoms with van der Waals surface area (Å²) in [5.74, 6) is -0.833. The van der Waals surface area contributed by atoms with Gasteiger partial charge in [0.2, 0.25) is 0 Å². The summed E-state index contributed by atoms with van der Waals surface area (Å²) < 4.78 is 0. The van der Waals surface area contributed by atoms with Gasteiger partial charge in [0.1, 0.15) is 6.04 Å². The summed E-state index contributed by atoms with van der Waals surface area (Å²) in [6.45, 7) is 0. The number of benzene rings is 1. The molecule has 4 heteroatoms. The Morgan fingerprint density at radius 1 is 1.33 bits per heavy atom. The number of nitrogens with two attached hydrogens (primary N) is 1. The SMILES string of the molecule is NC1CCCC(NC(C(=O)O)c2ccccc2)C1. The van der Waals surface area contributed by atoms with Crippen molar-refractivity contribution in [3.05, 3.63) is 35.9 Å². The van der Waals surface area contributed by atoms with E-state index >= 15 is 0 Å². The van der Waals surface area contributed by atoms with E-state index in [1.165, 1.54) is 0 Å². The normalized spacial score (nSPS) is 25.6. The second-order valence-electron chi connectivity index (χ2n) is 4.97. The van der Waals surface area contributed by atoms with Crippen LogP contribution in [0, 0.1) is 0 Å². The molecule has 0 heterocycles. The molecule has 0 saturated heterocycles. The van der Waals surface area contributed by atoms with Gasteiger partial charge < -0.3 is 10.8 Å². The molecule has 0 amide bonds. The molecule has 0 bridgehead atoms. The maximum atomic E-state index is 11.4. The first-order valence-corrected chi connectivity index (χ1v) is 6.46. The molecule has 1 saturated carbocycles. The zero-order valence-electron chi connectivity index (χ0n) is 10.4. The van der Waals surface area contributed by atoms with E-state index in [1.54, 1.807) is 0 Å². The molecular formula is C14H20N2O2. The van der Waals surface area contributed by atoms with E-state index in [-0.39, 0.29) is 12.1 Å². The molecule has 98 valence electrons. The first kappa shape index (κ1) is 13.1. The predicted molar refractivity (Wildman–Crippen MR) is 70.2 cm³/mol. The lowest BCUT2D eigenvalue weighted by molar-refractivity contribution is -0.140. The van der Waals surface area contributed by atoms with E-state index in [2.05, 4.69) is 5.32 Å². The van der Waals surface area contributed by atoms with Crippen LogP contribution in [0.15, 0.2) is 30.3 Å². The Morgan fingerprint density at radius 3 is 2.67 bits per heavy atom. The van der Waals surface area contributed by atoms with Crippen molar-refractivity contribution in [3.8, 4) is 0 Å². The number of aliphatic carboxylic acids is 1. The summed E-state index contributed by atoms with van der Waals surface area (Å²) in [5, 5.41) is 12.6. The number of nitrogens with one attached hydrogen (secondary N) is 1. The predicted octanol–water partition coefficient (Wildman–Crippen LogP) is 1.67. The smallest absolute Gasteiger partial charge is 0.325 e. The molecule has 1 aliphatic rings. The van der Waals surface area contributed by atoms with Crippen LogP contribution in [0.25, 0.3) is 0 Å². The third-order valence-electron chi connectivity index (χ3n) is 3.50. The Balaban J connectivity index is 2.05. The number of carboxylic acids is 1. The van der Waals surface area contributed by atoms with E-state index in [9.17, 15) is 9.90 Å². The van der Waals surface area contributed by atoms with E-state index in [4.69, 9.17) is 5.73 Å². The van der Waals surface area contributed by atoms with Gasteiger partial charge in [-0.15, -0.1) is 0 Å². The van der Waals surface area contributed by atoms with E-state index < -0.39 is 12.0 Å². The average molecular weight is 248 g/mol.